The van der Waals surface area contributed by atoms with Crippen molar-refractivity contribution in [1.82, 2.24) is 0 Å². The largest absolute Gasteiger partial charge is 0.504 e. The first-order valence-corrected chi connectivity index (χ1v) is 16.8. The molecule has 4 rings (SSSR count). The maximum atomic E-state index is 14.5. The van der Waals surface area contributed by atoms with Crippen LogP contribution in [0.4, 0.5) is 5.69 Å². The SMILES string of the molecule is CCCCOc1cc2c(c(O)c1OCCCC)C(=O)c1cc(OCCCC)c(OCCCC)c(OCc3ccc([N+](=O)[O-])cc3)c1C2=O. The van der Waals surface area contributed by atoms with Gasteiger partial charge in [-0.05, 0) is 55.5 Å². The lowest BCUT2D eigenvalue weighted by atomic mass is 9.82. The fourth-order valence-corrected chi connectivity index (χ4v) is 5.11. The highest BCUT2D eigenvalue weighted by Gasteiger charge is 2.40. The number of fused-ring (bicyclic) bond motifs is 2. The Morgan fingerprint density at radius 1 is 0.625 bits per heavy atom. The fraction of sp³-hybridized carbons (Fsp3) is 0.459. The number of ether oxygens (including phenoxy) is 5. The molecule has 1 aliphatic carbocycles. The summed E-state index contributed by atoms with van der Waals surface area (Å²) in [7, 11) is 0. The molecule has 258 valence electrons. The Morgan fingerprint density at radius 2 is 1.08 bits per heavy atom. The fourth-order valence-electron chi connectivity index (χ4n) is 5.11. The van der Waals surface area contributed by atoms with Gasteiger partial charge in [-0.3, -0.25) is 19.7 Å². The summed E-state index contributed by atoms with van der Waals surface area (Å²) in [6.07, 6.45) is 6.35. The third-order valence-corrected chi connectivity index (χ3v) is 7.90. The smallest absolute Gasteiger partial charge is 0.269 e. The topological polar surface area (TPSA) is 144 Å². The Balaban J connectivity index is 1.89. The van der Waals surface area contributed by atoms with Gasteiger partial charge in [0.25, 0.3) is 5.69 Å². The van der Waals surface area contributed by atoms with Crippen molar-refractivity contribution in [2.75, 3.05) is 26.4 Å². The second-order valence-corrected chi connectivity index (χ2v) is 11.6. The second kappa shape index (κ2) is 17.4. The molecule has 0 unspecified atom stereocenters. The molecule has 3 aromatic carbocycles. The van der Waals surface area contributed by atoms with Crippen LogP contribution in [0.1, 0.15) is 116 Å². The molecule has 48 heavy (non-hydrogen) atoms. The van der Waals surface area contributed by atoms with Gasteiger partial charge in [0.15, 0.2) is 34.6 Å². The van der Waals surface area contributed by atoms with Gasteiger partial charge in [0.2, 0.25) is 11.5 Å². The Labute approximate surface area is 281 Å². The van der Waals surface area contributed by atoms with Crippen LogP contribution < -0.4 is 23.7 Å². The molecule has 3 aromatic rings. The van der Waals surface area contributed by atoms with E-state index in [1.165, 1.54) is 24.3 Å². The molecule has 1 aliphatic rings. The Kier molecular flexibility index (Phi) is 13.1. The van der Waals surface area contributed by atoms with E-state index in [0.29, 0.717) is 32.0 Å². The predicted molar refractivity (Wildman–Crippen MR) is 180 cm³/mol. The number of non-ortho nitro benzene ring substituents is 1. The average Bonchev–Trinajstić information content (AvgIpc) is 3.08. The van der Waals surface area contributed by atoms with Gasteiger partial charge in [0.1, 0.15) is 6.61 Å². The maximum Gasteiger partial charge on any atom is 0.269 e. The van der Waals surface area contributed by atoms with Crippen molar-refractivity contribution >= 4 is 17.3 Å². The van der Waals surface area contributed by atoms with Gasteiger partial charge in [-0.25, -0.2) is 0 Å². The molecule has 11 heteroatoms. The average molecular weight is 664 g/mol. The standard InChI is InChI=1S/C37H45NO10/c1-5-9-17-44-28-21-26-30(34(41)35(28)46-19-11-7-3)32(39)27-22-29(45-18-10-6-2)36(47-20-12-8-4)37(31(27)33(26)40)48-23-24-13-15-25(16-14-24)38(42)43/h13-16,21-22,41H,5-12,17-20,23H2,1-4H3. The molecule has 0 aliphatic heterocycles. The van der Waals surface area contributed by atoms with Crippen molar-refractivity contribution in [3.63, 3.8) is 0 Å². The number of unbranched alkanes of at least 4 members (excludes halogenated alkanes) is 4. The molecule has 0 fully saturated rings. The lowest BCUT2D eigenvalue weighted by molar-refractivity contribution is -0.384. The summed E-state index contributed by atoms with van der Waals surface area (Å²) < 4.78 is 30.5. The number of nitrogens with zero attached hydrogens (tertiary/aromatic N) is 1. The van der Waals surface area contributed by atoms with Crippen LogP contribution in [-0.4, -0.2) is 48.0 Å². The first-order valence-electron chi connectivity index (χ1n) is 16.8. The number of phenols is 1. The zero-order valence-corrected chi connectivity index (χ0v) is 28.2. The second-order valence-electron chi connectivity index (χ2n) is 11.6. The van der Waals surface area contributed by atoms with Crippen LogP contribution in [-0.2, 0) is 6.61 Å². The van der Waals surface area contributed by atoms with E-state index >= 15 is 0 Å². The summed E-state index contributed by atoms with van der Waals surface area (Å²) in [6.45, 7) is 9.25. The van der Waals surface area contributed by atoms with Gasteiger partial charge in [-0.1, -0.05) is 53.4 Å². The molecule has 11 nitrogen and oxygen atoms in total. The number of carbonyl (C=O) groups excluding carboxylic acids is 2. The first-order chi connectivity index (χ1) is 23.3. The molecule has 0 saturated carbocycles. The van der Waals surface area contributed by atoms with E-state index in [-0.39, 0.29) is 63.3 Å². The molecular weight excluding hydrogens is 618 g/mol. The van der Waals surface area contributed by atoms with Crippen molar-refractivity contribution in [2.45, 2.75) is 85.7 Å². The lowest BCUT2D eigenvalue weighted by Crippen LogP contribution is -2.24. The number of hydrogen-bond acceptors (Lipinski definition) is 10. The van der Waals surface area contributed by atoms with Crippen LogP contribution in [0.25, 0.3) is 0 Å². The number of phenolic OH excluding ortho intramolecular Hbond substituents is 1. The molecule has 0 radical (unpaired) electrons. The normalized spacial score (nSPS) is 11.9. The minimum Gasteiger partial charge on any atom is -0.504 e. The third kappa shape index (κ3) is 8.18. The molecule has 0 saturated heterocycles. The molecule has 1 N–H and O–H groups in total. The molecule has 0 atom stereocenters. The molecular formula is C37H45NO10. The summed E-state index contributed by atoms with van der Waals surface area (Å²) in [4.78, 5) is 39.4. The van der Waals surface area contributed by atoms with Gasteiger partial charge in [-0.2, -0.15) is 0 Å². The number of nitro groups is 1. The molecule has 0 aromatic heterocycles. The van der Waals surface area contributed by atoms with Gasteiger partial charge in [0, 0.05) is 23.3 Å². The Bertz CT molecular complexity index is 1600. The van der Waals surface area contributed by atoms with Crippen LogP contribution >= 0.6 is 0 Å². The Morgan fingerprint density at radius 3 is 1.60 bits per heavy atom. The van der Waals surface area contributed by atoms with Crippen molar-refractivity contribution in [1.29, 1.82) is 0 Å². The highest BCUT2D eigenvalue weighted by molar-refractivity contribution is 6.31. The highest BCUT2D eigenvalue weighted by atomic mass is 16.6. The monoisotopic (exact) mass is 663 g/mol. The van der Waals surface area contributed by atoms with Crippen molar-refractivity contribution < 1.29 is 43.3 Å². The highest BCUT2D eigenvalue weighted by Crippen LogP contribution is 2.50. The summed E-state index contributed by atoms with van der Waals surface area (Å²) in [5.74, 6) is -0.970. The van der Waals surface area contributed by atoms with Crippen molar-refractivity contribution in [3.05, 3.63) is 74.3 Å². The number of ketones is 2. The van der Waals surface area contributed by atoms with E-state index in [1.807, 2.05) is 27.7 Å². The van der Waals surface area contributed by atoms with E-state index in [9.17, 15) is 24.8 Å². The third-order valence-electron chi connectivity index (χ3n) is 7.90. The van der Waals surface area contributed by atoms with Crippen molar-refractivity contribution in [3.8, 4) is 34.5 Å². The van der Waals surface area contributed by atoms with Crippen LogP contribution in [0.5, 0.6) is 34.5 Å². The van der Waals surface area contributed by atoms with Crippen LogP contribution in [0.2, 0.25) is 0 Å². The van der Waals surface area contributed by atoms with Gasteiger partial charge in [-0.15, -0.1) is 0 Å². The maximum absolute atomic E-state index is 14.5. The van der Waals surface area contributed by atoms with Crippen molar-refractivity contribution in [2.24, 2.45) is 0 Å². The number of nitro benzene ring substituents is 1. The van der Waals surface area contributed by atoms with Gasteiger partial charge < -0.3 is 28.8 Å². The number of rotatable bonds is 20. The summed E-state index contributed by atoms with van der Waals surface area (Å²) in [6, 6.07) is 8.79. The van der Waals surface area contributed by atoms with Gasteiger partial charge >= 0.3 is 0 Å². The van der Waals surface area contributed by atoms with Crippen LogP contribution in [0, 0.1) is 10.1 Å². The zero-order valence-electron chi connectivity index (χ0n) is 28.2. The zero-order chi connectivity index (χ0) is 34.6. The molecule has 0 amide bonds. The minimum absolute atomic E-state index is 0.00463. The van der Waals surface area contributed by atoms with Crippen LogP contribution in [0.15, 0.2) is 36.4 Å². The first kappa shape index (κ1) is 36.0. The summed E-state index contributed by atoms with van der Waals surface area (Å²) in [5.41, 5.74) is 0.274. The summed E-state index contributed by atoms with van der Waals surface area (Å²) >= 11 is 0. The predicted octanol–water partition coefficient (Wildman–Crippen LogP) is 8.37. The van der Waals surface area contributed by atoms with E-state index in [0.717, 1.165) is 51.4 Å². The number of carbonyl (C=O) groups is 2. The number of aromatic hydroxyl groups is 1. The lowest BCUT2D eigenvalue weighted by Gasteiger charge is -2.26. The number of hydrogen-bond donors (Lipinski definition) is 1. The van der Waals surface area contributed by atoms with Gasteiger partial charge in [0.05, 0.1) is 42.5 Å². The molecule has 0 heterocycles. The van der Waals surface area contributed by atoms with E-state index < -0.39 is 22.2 Å². The summed E-state index contributed by atoms with van der Waals surface area (Å²) in [5, 5.41) is 22.7. The number of benzene rings is 3. The quantitative estimate of drug-likeness (QED) is 0.0556. The van der Waals surface area contributed by atoms with Crippen LogP contribution in [0.3, 0.4) is 0 Å². The van der Waals surface area contributed by atoms with E-state index in [4.69, 9.17) is 23.7 Å². The molecule has 0 spiro atoms. The Hall–Kier alpha value is -4.80. The van der Waals surface area contributed by atoms with E-state index in [2.05, 4.69) is 0 Å². The van der Waals surface area contributed by atoms with E-state index in [1.54, 1.807) is 12.1 Å². The molecule has 0 bridgehead atoms. The minimum atomic E-state index is -0.599.